The minimum Gasteiger partial charge on any atom is -0.339 e. The zero-order chi connectivity index (χ0) is 20.8. The molecule has 0 aliphatic carbocycles. The third-order valence-corrected chi connectivity index (χ3v) is 5.72. The first-order valence-corrected chi connectivity index (χ1v) is 10.4. The molecule has 30 heavy (non-hydrogen) atoms. The number of carbonyl (C=O) groups excluding carboxylic acids is 2. The molecule has 0 bridgehead atoms. The van der Waals surface area contributed by atoms with Crippen LogP contribution in [0.4, 0.5) is 0 Å². The highest BCUT2D eigenvalue weighted by atomic mass is 16.2. The molecule has 3 aromatic carbocycles. The van der Waals surface area contributed by atoms with E-state index < -0.39 is 0 Å². The van der Waals surface area contributed by atoms with Crippen molar-refractivity contribution in [2.75, 3.05) is 26.2 Å². The van der Waals surface area contributed by atoms with Crippen molar-refractivity contribution in [1.82, 2.24) is 9.80 Å². The molecule has 1 saturated heterocycles. The first kappa shape index (κ1) is 19.9. The van der Waals surface area contributed by atoms with Gasteiger partial charge in [-0.15, -0.1) is 0 Å². The standard InChI is InChI=1S/C26H26N2O2/c29-25(20-24(21-10-4-1-5-11-21)22-12-6-2-7-13-22)27-16-18-28(19-17-27)26(30)23-14-8-3-9-15-23/h1-15,24H,16-20H2. The molecule has 1 aliphatic rings. The second-order valence-corrected chi connectivity index (χ2v) is 7.62. The Hall–Kier alpha value is -3.40. The van der Waals surface area contributed by atoms with Crippen LogP contribution in [0.2, 0.25) is 0 Å². The van der Waals surface area contributed by atoms with Gasteiger partial charge in [-0.3, -0.25) is 9.59 Å². The Labute approximate surface area is 177 Å². The molecule has 0 N–H and O–H groups in total. The summed E-state index contributed by atoms with van der Waals surface area (Å²) in [6, 6.07) is 29.7. The van der Waals surface area contributed by atoms with E-state index in [1.165, 1.54) is 0 Å². The molecule has 1 heterocycles. The zero-order valence-corrected chi connectivity index (χ0v) is 17.0. The average molecular weight is 399 g/mol. The third-order valence-electron chi connectivity index (χ3n) is 5.72. The predicted molar refractivity (Wildman–Crippen MR) is 118 cm³/mol. The number of carbonyl (C=O) groups is 2. The quantitative estimate of drug-likeness (QED) is 0.647. The predicted octanol–water partition coefficient (Wildman–Crippen LogP) is 4.19. The average Bonchev–Trinajstić information content (AvgIpc) is 2.83. The number of hydrogen-bond donors (Lipinski definition) is 0. The van der Waals surface area contributed by atoms with Crippen LogP contribution in [0.25, 0.3) is 0 Å². The van der Waals surface area contributed by atoms with E-state index in [9.17, 15) is 9.59 Å². The van der Waals surface area contributed by atoms with Gasteiger partial charge < -0.3 is 9.80 Å². The van der Waals surface area contributed by atoms with Gasteiger partial charge in [0.05, 0.1) is 0 Å². The summed E-state index contributed by atoms with van der Waals surface area (Å²) in [4.78, 5) is 29.5. The van der Waals surface area contributed by atoms with Crippen LogP contribution in [-0.4, -0.2) is 47.8 Å². The molecule has 0 atom stereocenters. The van der Waals surface area contributed by atoms with Gasteiger partial charge in [-0.05, 0) is 23.3 Å². The number of piperazine rings is 1. The summed E-state index contributed by atoms with van der Waals surface area (Å²) in [5.74, 6) is 0.206. The molecule has 0 radical (unpaired) electrons. The molecule has 4 nitrogen and oxygen atoms in total. The van der Waals surface area contributed by atoms with Gasteiger partial charge in [0.1, 0.15) is 0 Å². The van der Waals surface area contributed by atoms with Gasteiger partial charge in [0.15, 0.2) is 0 Å². The van der Waals surface area contributed by atoms with Gasteiger partial charge in [-0.2, -0.15) is 0 Å². The summed E-state index contributed by atoms with van der Waals surface area (Å²) in [6.07, 6.45) is 0.431. The van der Waals surface area contributed by atoms with Crippen LogP contribution in [0.3, 0.4) is 0 Å². The van der Waals surface area contributed by atoms with E-state index in [1.54, 1.807) is 0 Å². The maximum atomic E-state index is 13.1. The molecule has 0 saturated carbocycles. The van der Waals surface area contributed by atoms with Gasteiger partial charge in [-0.25, -0.2) is 0 Å². The van der Waals surface area contributed by atoms with Crippen LogP contribution in [0.1, 0.15) is 33.8 Å². The van der Waals surface area contributed by atoms with Crippen LogP contribution in [0.5, 0.6) is 0 Å². The van der Waals surface area contributed by atoms with E-state index >= 15 is 0 Å². The first-order valence-electron chi connectivity index (χ1n) is 10.4. The molecule has 0 spiro atoms. The maximum Gasteiger partial charge on any atom is 0.253 e. The van der Waals surface area contributed by atoms with Crippen molar-refractivity contribution in [2.45, 2.75) is 12.3 Å². The number of hydrogen-bond acceptors (Lipinski definition) is 2. The Morgan fingerprint density at radius 2 is 1.07 bits per heavy atom. The molecule has 4 rings (SSSR count). The monoisotopic (exact) mass is 398 g/mol. The third kappa shape index (κ3) is 4.60. The smallest absolute Gasteiger partial charge is 0.253 e. The highest BCUT2D eigenvalue weighted by molar-refractivity contribution is 5.94. The van der Waals surface area contributed by atoms with Crippen LogP contribution in [0.15, 0.2) is 91.0 Å². The second-order valence-electron chi connectivity index (χ2n) is 7.62. The van der Waals surface area contributed by atoms with Crippen molar-refractivity contribution < 1.29 is 9.59 Å². The highest BCUT2D eigenvalue weighted by Gasteiger charge is 2.27. The van der Waals surface area contributed by atoms with Crippen molar-refractivity contribution in [2.24, 2.45) is 0 Å². The lowest BCUT2D eigenvalue weighted by atomic mass is 9.88. The number of benzene rings is 3. The summed E-state index contributed by atoms with van der Waals surface area (Å²) in [5.41, 5.74) is 3.00. The Kier molecular flexibility index (Phi) is 6.23. The van der Waals surface area contributed by atoms with Gasteiger partial charge >= 0.3 is 0 Å². The topological polar surface area (TPSA) is 40.6 Å². The maximum absolute atomic E-state index is 13.1. The van der Waals surface area contributed by atoms with Crippen LogP contribution < -0.4 is 0 Å². The Bertz CT molecular complexity index is 926. The molecule has 1 fully saturated rings. The van der Waals surface area contributed by atoms with Crippen LogP contribution in [-0.2, 0) is 4.79 Å². The van der Waals surface area contributed by atoms with E-state index in [-0.39, 0.29) is 17.7 Å². The molecular formula is C26H26N2O2. The number of rotatable bonds is 5. The summed E-state index contributed by atoms with van der Waals surface area (Å²) in [5, 5.41) is 0. The lowest BCUT2D eigenvalue weighted by Crippen LogP contribution is -2.50. The van der Waals surface area contributed by atoms with Gasteiger partial charge in [0, 0.05) is 44.1 Å². The van der Waals surface area contributed by atoms with Gasteiger partial charge in [0.25, 0.3) is 5.91 Å². The largest absolute Gasteiger partial charge is 0.339 e. The van der Waals surface area contributed by atoms with Crippen molar-refractivity contribution in [1.29, 1.82) is 0 Å². The summed E-state index contributed by atoms with van der Waals surface area (Å²) in [7, 11) is 0. The minimum absolute atomic E-state index is 0.0314. The van der Waals surface area contributed by atoms with E-state index in [0.717, 1.165) is 11.1 Å². The summed E-state index contributed by atoms with van der Waals surface area (Å²) in [6.45, 7) is 2.29. The fourth-order valence-electron chi connectivity index (χ4n) is 4.02. The molecule has 2 amide bonds. The zero-order valence-electron chi connectivity index (χ0n) is 17.0. The van der Waals surface area contributed by atoms with E-state index in [2.05, 4.69) is 24.3 Å². The number of nitrogens with zero attached hydrogens (tertiary/aromatic N) is 2. The molecule has 3 aromatic rings. The SMILES string of the molecule is O=C(CC(c1ccccc1)c1ccccc1)N1CCN(C(=O)c2ccccc2)CC1. The molecule has 0 unspecified atom stereocenters. The molecular weight excluding hydrogens is 372 g/mol. The van der Waals surface area contributed by atoms with Crippen LogP contribution in [0, 0.1) is 0 Å². The fraction of sp³-hybridized carbons (Fsp3) is 0.231. The van der Waals surface area contributed by atoms with Crippen molar-refractivity contribution in [3.63, 3.8) is 0 Å². The lowest BCUT2D eigenvalue weighted by Gasteiger charge is -2.35. The first-order chi connectivity index (χ1) is 14.7. The van der Waals surface area contributed by atoms with Gasteiger partial charge in [0.2, 0.25) is 5.91 Å². The minimum atomic E-state index is 0.0314. The van der Waals surface area contributed by atoms with E-state index in [1.807, 2.05) is 76.5 Å². The molecule has 1 aliphatic heterocycles. The number of amides is 2. The normalized spacial score (nSPS) is 14.0. The Morgan fingerprint density at radius 1 is 0.633 bits per heavy atom. The Morgan fingerprint density at radius 3 is 1.57 bits per heavy atom. The van der Waals surface area contributed by atoms with Crippen molar-refractivity contribution in [3.05, 3.63) is 108 Å². The summed E-state index contributed by atoms with van der Waals surface area (Å²) < 4.78 is 0. The van der Waals surface area contributed by atoms with Crippen molar-refractivity contribution in [3.8, 4) is 0 Å². The molecule has 4 heteroatoms. The molecule has 0 aromatic heterocycles. The summed E-state index contributed by atoms with van der Waals surface area (Å²) >= 11 is 0. The lowest BCUT2D eigenvalue weighted by molar-refractivity contribution is -0.132. The molecule has 152 valence electrons. The fourth-order valence-corrected chi connectivity index (χ4v) is 4.02. The second kappa shape index (κ2) is 9.40. The Balaban J connectivity index is 1.41. The van der Waals surface area contributed by atoms with Crippen molar-refractivity contribution >= 4 is 11.8 Å². The highest BCUT2D eigenvalue weighted by Crippen LogP contribution is 2.28. The van der Waals surface area contributed by atoms with Gasteiger partial charge in [-0.1, -0.05) is 78.9 Å². The van der Waals surface area contributed by atoms with E-state index in [0.29, 0.717) is 38.2 Å². The van der Waals surface area contributed by atoms with E-state index in [4.69, 9.17) is 0 Å². The van der Waals surface area contributed by atoms with Crippen LogP contribution >= 0.6 is 0 Å².